The maximum Gasteiger partial charge on any atom is 0.324 e. The number of carbonyl (C=O) groups excluding carboxylic acids is 1. The van der Waals surface area contributed by atoms with Crippen LogP contribution in [0, 0.1) is 29.1 Å². The van der Waals surface area contributed by atoms with Gasteiger partial charge in [0.25, 0.3) is 0 Å². The highest BCUT2D eigenvalue weighted by Crippen LogP contribution is 2.54. The van der Waals surface area contributed by atoms with E-state index < -0.39 is 5.60 Å². The molecule has 0 amide bonds. The molecule has 0 spiro atoms. The van der Waals surface area contributed by atoms with E-state index in [2.05, 4.69) is 26.1 Å². The van der Waals surface area contributed by atoms with Gasteiger partial charge in [-0.2, -0.15) is 0 Å². The first-order valence-electron chi connectivity index (χ1n) is 9.52. The highest BCUT2D eigenvalue weighted by Gasteiger charge is 2.50. The molecule has 4 saturated carbocycles. The van der Waals surface area contributed by atoms with Gasteiger partial charge in [-0.3, -0.25) is 4.79 Å². The van der Waals surface area contributed by atoms with Crippen molar-refractivity contribution in [2.24, 2.45) is 29.1 Å². The van der Waals surface area contributed by atoms with Crippen LogP contribution in [0.4, 0.5) is 0 Å². The van der Waals surface area contributed by atoms with Gasteiger partial charge in [0.2, 0.25) is 0 Å². The van der Waals surface area contributed by atoms with Gasteiger partial charge >= 0.3 is 5.97 Å². The summed E-state index contributed by atoms with van der Waals surface area (Å²) in [6.45, 7) is 12.3. The molecule has 1 N–H and O–H groups in total. The summed E-state index contributed by atoms with van der Waals surface area (Å²) in [6.07, 6.45) is 6.95. The van der Waals surface area contributed by atoms with Crippen LogP contribution >= 0.6 is 0 Å². The monoisotopic (exact) mass is 321 g/mol. The van der Waals surface area contributed by atoms with E-state index in [4.69, 9.17) is 4.74 Å². The molecule has 0 saturated heterocycles. The topological polar surface area (TPSA) is 38.3 Å². The first-order valence-corrected chi connectivity index (χ1v) is 9.52. The standard InChI is InChI=1S/C20H35NO2/c1-19(2,3)17(18(22)23-20(4,5)6)21-16-14-8-12-7-13(10-14)11-15(16)9-12/h12-17,21H,7-11H2,1-6H3. The zero-order valence-electron chi connectivity index (χ0n) is 15.8. The van der Waals surface area contributed by atoms with Crippen molar-refractivity contribution in [2.75, 3.05) is 0 Å². The average molecular weight is 322 g/mol. The second-order valence-electron chi connectivity index (χ2n) is 10.5. The molecule has 132 valence electrons. The fraction of sp³-hybridized carbons (Fsp3) is 0.950. The largest absolute Gasteiger partial charge is 0.459 e. The van der Waals surface area contributed by atoms with Crippen LogP contribution in [0.25, 0.3) is 0 Å². The van der Waals surface area contributed by atoms with Crippen molar-refractivity contribution in [1.29, 1.82) is 0 Å². The lowest BCUT2D eigenvalue weighted by atomic mass is 9.54. The van der Waals surface area contributed by atoms with E-state index in [0.29, 0.717) is 6.04 Å². The Bertz CT molecular complexity index is 429. The average Bonchev–Trinajstić information content (AvgIpc) is 2.33. The maximum absolute atomic E-state index is 12.8. The third-order valence-electron chi connectivity index (χ3n) is 6.09. The second-order valence-corrected chi connectivity index (χ2v) is 10.5. The molecule has 0 radical (unpaired) electrons. The normalized spacial score (nSPS) is 37.7. The summed E-state index contributed by atoms with van der Waals surface area (Å²) in [6, 6.07) is 0.295. The fourth-order valence-electron chi connectivity index (χ4n) is 5.42. The molecule has 3 nitrogen and oxygen atoms in total. The zero-order chi connectivity index (χ0) is 17.0. The SMILES string of the molecule is CC(C)(C)OC(=O)C(NC1C2CC3CC(C2)CC1C3)C(C)(C)C. The summed E-state index contributed by atoms with van der Waals surface area (Å²) in [5.74, 6) is 3.39. The molecule has 0 aromatic carbocycles. The highest BCUT2D eigenvalue weighted by molar-refractivity contribution is 5.77. The number of hydrogen-bond acceptors (Lipinski definition) is 3. The van der Waals surface area contributed by atoms with Crippen molar-refractivity contribution in [2.45, 2.75) is 91.3 Å². The van der Waals surface area contributed by atoms with Crippen LogP contribution in [0.15, 0.2) is 0 Å². The van der Waals surface area contributed by atoms with Gasteiger partial charge in [-0.05, 0) is 82.0 Å². The number of nitrogens with one attached hydrogen (secondary N) is 1. The van der Waals surface area contributed by atoms with Crippen molar-refractivity contribution >= 4 is 5.97 Å². The first kappa shape index (κ1) is 17.3. The summed E-state index contributed by atoms with van der Waals surface area (Å²) in [7, 11) is 0. The Labute approximate surface area is 141 Å². The smallest absolute Gasteiger partial charge is 0.324 e. The zero-order valence-corrected chi connectivity index (χ0v) is 15.8. The van der Waals surface area contributed by atoms with E-state index in [0.717, 1.165) is 23.7 Å². The van der Waals surface area contributed by atoms with Crippen molar-refractivity contribution in [3.63, 3.8) is 0 Å². The van der Waals surface area contributed by atoms with Crippen LogP contribution in [0.5, 0.6) is 0 Å². The molecule has 0 heterocycles. The predicted molar refractivity (Wildman–Crippen MR) is 93.1 cm³/mol. The van der Waals surface area contributed by atoms with E-state index in [-0.39, 0.29) is 17.4 Å². The van der Waals surface area contributed by atoms with Gasteiger partial charge in [-0.15, -0.1) is 0 Å². The predicted octanol–water partition coefficient (Wildman–Crippen LogP) is 4.16. The van der Waals surface area contributed by atoms with Crippen molar-refractivity contribution in [3.8, 4) is 0 Å². The van der Waals surface area contributed by atoms with Gasteiger partial charge in [0.15, 0.2) is 0 Å². The van der Waals surface area contributed by atoms with Crippen LogP contribution in [0.2, 0.25) is 0 Å². The minimum absolute atomic E-state index is 0.0844. The van der Waals surface area contributed by atoms with E-state index in [1.165, 1.54) is 32.1 Å². The lowest BCUT2D eigenvalue weighted by molar-refractivity contribution is -0.162. The third-order valence-corrected chi connectivity index (χ3v) is 6.09. The van der Waals surface area contributed by atoms with Gasteiger partial charge in [0.05, 0.1) is 0 Å². The lowest BCUT2D eigenvalue weighted by Gasteiger charge is -2.55. The summed E-state index contributed by atoms with van der Waals surface area (Å²) in [5.41, 5.74) is -0.552. The molecule has 1 atom stereocenters. The van der Waals surface area contributed by atoms with E-state index in [1.54, 1.807) is 0 Å². The quantitative estimate of drug-likeness (QED) is 0.793. The van der Waals surface area contributed by atoms with Crippen molar-refractivity contribution in [3.05, 3.63) is 0 Å². The van der Waals surface area contributed by atoms with Crippen LogP contribution in [0.1, 0.15) is 73.6 Å². The van der Waals surface area contributed by atoms with Gasteiger partial charge < -0.3 is 10.1 Å². The highest BCUT2D eigenvalue weighted by atomic mass is 16.6. The van der Waals surface area contributed by atoms with Crippen LogP contribution < -0.4 is 5.32 Å². The maximum atomic E-state index is 12.8. The Hall–Kier alpha value is -0.570. The lowest BCUT2D eigenvalue weighted by Crippen LogP contribution is -2.61. The molecule has 4 bridgehead atoms. The summed E-state index contributed by atoms with van der Waals surface area (Å²) < 4.78 is 5.72. The van der Waals surface area contributed by atoms with Crippen molar-refractivity contribution < 1.29 is 9.53 Å². The molecule has 0 aromatic heterocycles. The first-order chi connectivity index (χ1) is 10.5. The van der Waals surface area contributed by atoms with Crippen LogP contribution in [0.3, 0.4) is 0 Å². The number of hydrogen-bond donors (Lipinski definition) is 1. The number of rotatable bonds is 3. The van der Waals surface area contributed by atoms with E-state index >= 15 is 0 Å². The fourth-order valence-corrected chi connectivity index (χ4v) is 5.42. The summed E-state index contributed by atoms with van der Waals surface area (Å²) in [5, 5.41) is 3.79. The Morgan fingerprint density at radius 3 is 1.78 bits per heavy atom. The molecular formula is C20H35NO2. The molecule has 3 heteroatoms. The molecule has 0 aliphatic heterocycles. The Balaban J connectivity index is 1.73. The second kappa shape index (κ2) is 5.75. The summed E-state index contributed by atoms with van der Waals surface area (Å²) in [4.78, 5) is 12.8. The number of esters is 1. The van der Waals surface area contributed by atoms with Gasteiger partial charge in [-0.25, -0.2) is 0 Å². The van der Waals surface area contributed by atoms with Crippen LogP contribution in [-0.4, -0.2) is 23.7 Å². The van der Waals surface area contributed by atoms with E-state index in [1.807, 2.05) is 20.8 Å². The Morgan fingerprint density at radius 1 is 0.913 bits per heavy atom. The summed E-state index contributed by atoms with van der Waals surface area (Å²) >= 11 is 0. The Kier molecular flexibility index (Phi) is 4.32. The van der Waals surface area contributed by atoms with Gasteiger partial charge in [0, 0.05) is 6.04 Å². The molecule has 4 rings (SSSR count). The molecule has 4 aliphatic carbocycles. The minimum atomic E-state index is -0.424. The number of ether oxygens (including phenoxy) is 1. The molecule has 4 fully saturated rings. The molecule has 0 aromatic rings. The molecule has 23 heavy (non-hydrogen) atoms. The third kappa shape index (κ3) is 3.75. The number of carbonyl (C=O) groups is 1. The van der Waals surface area contributed by atoms with E-state index in [9.17, 15) is 4.79 Å². The molecule has 1 unspecified atom stereocenters. The minimum Gasteiger partial charge on any atom is -0.459 e. The van der Waals surface area contributed by atoms with Gasteiger partial charge in [-0.1, -0.05) is 20.8 Å². The Morgan fingerprint density at radius 2 is 1.39 bits per heavy atom. The molecular weight excluding hydrogens is 286 g/mol. The van der Waals surface area contributed by atoms with Gasteiger partial charge in [0.1, 0.15) is 11.6 Å². The molecule has 4 aliphatic rings. The van der Waals surface area contributed by atoms with Crippen LogP contribution in [-0.2, 0) is 9.53 Å². The van der Waals surface area contributed by atoms with Crippen molar-refractivity contribution in [1.82, 2.24) is 5.32 Å².